The zero-order valence-corrected chi connectivity index (χ0v) is 16.0. The summed E-state index contributed by atoms with van der Waals surface area (Å²) in [4.78, 5) is 4.87. The molecule has 5 nitrogen and oxygen atoms in total. The summed E-state index contributed by atoms with van der Waals surface area (Å²) in [5, 5.41) is 10.0. The molecule has 0 spiro atoms. The Morgan fingerprint density at radius 3 is 2.73 bits per heavy atom. The Balaban J connectivity index is 1.94. The van der Waals surface area contributed by atoms with Gasteiger partial charge in [0.05, 0.1) is 0 Å². The van der Waals surface area contributed by atoms with E-state index in [0.717, 1.165) is 53.3 Å². The molecule has 2 aromatic rings. The lowest BCUT2D eigenvalue weighted by Crippen LogP contribution is -2.09. The average Bonchev–Trinajstić information content (AvgIpc) is 3.16. The number of ether oxygens (including phenoxy) is 3. The number of hydrogen-bond acceptors (Lipinski definition) is 5. The molecule has 0 amide bonds. The third-order valence-corrected chi connectivity index (χ3v) is 5.10. The molecule has 1 aromatic carbocycles. The number of benzene rings is 1. The van der Waals surface area contributed by atoms with Crippen LogP contribution in [0.15, 0.2) is 18.2 Å². The van der Waals surface area contributed by atoms with Gasteiger partial charge in [-0.3, -0.25) is 4.98 Å². The SMILES string of the molecule is COCOc1ccc(Cc2c(C)cc(O)c(C)c2C)nc1C1CCCO1. The number of nitrogens with zero attached hydrogens (tertiary/aromatic N) is 1. The molecular formula is C21H27NO4. The fourth-order valence-electron chi connectivity index (χ4n) is 3.44. The highest BCUT2D eigenvalue weighted by Gasteiger charge is 2.24. The van der Waals surface area contributed by atoms with Gasteiger partial charge in [0, 0.05) is 25.8 Å². The van der Waals surface area contributed by atoms with Gasteiger partial charge in [0.2, 0.25) is 0 Å². The molecule has 1 aliphatic heterocycles. The lowest BCUT2D eigenvalue weighted by molar-refractivity contribution is 0.0451. The maximum absolute atomic E-state index is 10.0. The van der Waals surface area contributed by atoms with Gasteiger partial charge in [-0.15, -0.1) is 0 Å². The molecule has 1 fully saturated rings. The molecule has 5 heteroatoms. The number of phenols is 1. The van der Waals surface area contributed by atoms with Crippen molar-refractivity contribution in [3.63, 3.8) is 0 Å². The van der Waals surface area contributed by atoms with Crippen molar-refractivity contribution in [1.82, 2.24) is 4.98 Å². The molecule has 140 valence electrons. The molecule has 0 saturated carbocycles. The van der Waals surface area contributed by atoms with E-state index in [2.05, 4.69) is 6.92 Å². The Hall–Kier alpha value is -2.11. The first kappa shape index (κ1) is 18.7. The van der Waals surface area contributed by atoms with E-state index in [1.54, 1.807) is 7.11 Å². The fourth-order valence-corrected chi connectivity index (χ4v) is 3.44. The summed E-state index contributed by atoms with van der Waals surface area (Å²) in [7, 11) is 1.60. The Bertz CT molecular complexity index is 782. The fraction of sp³-hybridized carbons (Fsp3) is 0.476. The number of pyridine rings is 1. The van der Waals surface area contributed by atoms with Crippen molar-refractivity contribution in [1.29, 1.82) is 0 Å². The molecule has 2 heterocycles. The summed E-state index contributed by atoms with van der Waals surface area (Å²) in [6, 6.07) is 5.77. The van der Waals surface area contributed by atoms with Gasteiger partial charge in [0.15, 0.2) is 6.79 Å². The molecule has 26 heavy (non-hydrogen) atoms. The molecule has 1 unspecified atom stereocenters. The molecule has 1 N–H and O–H groups in total. The highest BCUT2D eigenvalue weighted by molar-refractivity contribution is 5.48. The summed E-state index contributed by atoms with van der Waals surface area (Å²) < 4.78 is 16.5. The van der Waals surface area contributed by atoms with Crippen LogP contribution < -0.4 is 4.74 Å². The van der Waals surface area contributed by atoms with E-state index in [4.69, 9.17) is 19.2 Å². The van der Waals surface area contributed by atoms with Crippen LogP contribution in [0.5, 0.6) is 11.5 Å². The highest BCUT2D eigenvalue weighted by atomic mass is 16.7. The minimum atomic E-state index is -0.0226. The van der Waals surface area contributed by atoms with Crippen LogP contribution >= 0.6 is 0 Å². The van der Waals surface area contributed by atoms with Gasteiger partial charge in [-0.25, -0.2) is 0 Å². The maximum Gasteiger partial charge on any atom is 0.188 e. The van der Waals surface area contributed by atoms with Gasteiger partial charge in [-0.2, -0.15) is 0 Å². The van der Waals surface area contributed by atoms with E-state index in [9.17, 15) is 5.11 Å². The number of methoxy groups -OCH3 is 1. The first-order chi connectivity index (χ1) is 12.5. The minimum absolute atomic E-state index is 0.0226. The van der Waals surface area contributed by atoms with E-state index >= 15 is 0 Å². The zero-order chi connectivity index (χ0) is 18.7. The van der Waals surface area contributed by atoms with Gasteiger partial charge in [-0.1, -0.05) is 0 Å². The summed E-state index contributed by atoms with van der Waals surface area (Å²) in [6.07, 6.45) is 2.68. The molecule has 1 aromatic heterocycles. The van der Waals surface area contributed by atoms with Crippen LogP contribution in [0.3, 0.4) is 0 Å². The molecule has 0 bridgehead atoms. The third-order valence-electron chi connectivity index (χ3n) is 5.10. The Morgan fingerprint density at radius 2 is 2.04 bits per heavy atom. The molecule has 0 aliphatic carbocycles. The van der Waals surface area contributed by atoms with Crippen LogP contribution in [0.25, 0.3) is 0 Å². The largest absolute Gasteiger partial charge is 0.508 e. The average molecular weight is 357 g/mol. The van der Waals surface area contributed by atoms with E-state index in [1.165, 1.54) is 5.56 Å². The molecule has 1 saturated heterocycles. The van der Waals surface area contributed by atoms with Crippen LogP contribution in [0.1, 0.15) is 52.6 Å². The van der Waals surface area contributed by atoms with Crippen molar-refractivity contribution < 1.29 is 19.3 Å². The van der Waals surface area contributed by atoms with E-state index in [1.807, 2.05) is 32.0 Å². The number of rotatable bonds is 6. The minimum Gasteiger partial charge on any atom is -0.508 e. The van der Waals surface area contributed by atoms with Crippen LogP contribution in [-0.2, 0) is 15.9 Å². The second-order valence-electron chi connectivity index (χ2n) is 6.86. The van der Waals surface area contributed by atoms with E-state index in [0.29, 0.717) is 12.2 Å². The molecule has 3 rings (SSSR count). The zero-order valence-electron chi connectivity index (χ0n) is 16.0. The quantitative estimate of drug-likeness (QED) is 0.788. The Kier molecular flexibility index (Phi) is 5.79. The van der Waals surface area contributed by atoms with Gasteiger partial charge in [-0.05, 0) is 74.1 Å². The second-order valence-corrected chi connectivity index (χ2v) is 6.86. The lowest BCUT2D eigenvalue weighted by Gasteiger charge is -2.18. The monoisotopic (exact) mass is 357 g/mol. The molecule has 1 atom stereocenters. The summed E-state index contributed by atoms with van der Waals surface area (Å²) >= 11 is 0. The van der Waals surface area contributed by atoms with Crippen LogP contribution in [0.4, 0.5) is 0 Å². The number of aromatic nitrogens is 1. The van der Waals surface area contributed by atoms with Gasteiger partial charge in [0.1, 0.15) is 23.3 Å². The molecular weight excluding hydrogens is 330 g/mol. The lowest BCUT2D eigenvalue weighted by atomic mass is 9.94. The number of phenolic OH excluding ortho intramolecular Hbond substituents is 1. The van der Waals surface area contributed by atoms with Crippen LogP contribution in [0.2, 0.25) is 0 Å². The number of aryl methyl sites for hydroxylation is 1. The summed E-state index contributed by atoms with van der Waals surface area (Å²) in [5.41, 5.74) is 6.13. The van der Waals surface area contributed by atoms with Crippen molar-refractivity contribution in [2.45, 2.75) is 46.1 Å². The normalized spacial score (nSPS) is 16.8. The van der Waals surface area contributed by atoms with Crippen LogP contribution in [-0.4, -0.2) is 30.6 Å². The predicted molar refractivity (Wildman–Crippen MR) is 99.8 cm³/mol. The standard InChI is InChI=1S/C21H27NO4/c1-13-10-18(23)15(3)14(2)17(13)11-16-7-8-20(26-12-24-4)21(22-16)19-6-5-9-25-19/h7-8,10,19,23H,5-6,9,11-12H2,1-4H3. The Morgan fingerprint density at radius 1 is 1.23 bits per heavy atom. The summed E-state index contributed by atoms with van der Waals surface area (Å²) in [6.45, 7) is 6.97. The van der Waals surface area contributed by atoms with E-state index < -0.39 is 0 Å². The second kappa shape index (κ2) is 8.06. The molecule has 1 aliphatic rings. The Labute approximate surface area is 154 Å². The third kappa shape index (κ3) is 3.84. The van der Waals surface area contributed by atoms with Crippen molar-refractivity contribution in [3.05, 3.63) is 51.8 Å². The highest BCUT2D eigenvalue weighted by Crippen LogP contribution is 2.34. The predicted octanol–water partition coefficient (Wildman–Crippen LogP) is 4.14. The van der Waals surface area contributed by atoms with E-state index in [-0.39, 0.29) is 12.9 Å². The van der Waals surface area contributed by atoms with Gasteiger partial charge < -0.3 is 19.3 Å². The first-order valence-corrected chi connectivity index (χ1v) is 9.03. The molecule has 0 radical (unpaired) electrons. The van der Waals surface area contributed by atoms with Crippen molar-refractivity contribution >= 4 is 0 Å². The number of aromatic hydroxyl groups is 1. The van der Waals surface area contributed by atoms with Crippen molar-refractivity contribution in [2.24, 2.45) is 0 Å². The van der Waals surface area contributed by atoms with Crippen molar-refractivity contribution in [3.8, 4) is 11.5 Å². The maximum atomic E-state index is 10.0. The van der Waals surface area contributed by atoms with Crippen LogP contribution in [0, 0.1) is 20.8 Å². The smallest absolute Gasteiger partial charge is 0.188 e. The van der Waals surface area contributed by atoms with Crippen molar-refractivity contribution in [2.75, 3.05) is 20.5 Å². The first-order valence-electron chi connectivity index (χ1n) is 9.03. The topological polar surface area (TPSA) is 60.8 Å². The summed E-state index contributed by atoms with van der Waals surface area (Å²) in [5.74, 6) is 1.07. The van der Waals surface area contributed by atoms with Gasteiger partial charge in [0.25, 0.3) is 0 Å². The van der Waals surface area contributed by atoms with Gasteiger partial charge >= 0.3 is 0 Å². The number of hydrogen-bond donors (Lipinski definition) is 1.